The van der Waals surface area contributed by atoms with Crippen LogP contribution in [0, 0.1) is 0 Å². The topological polar surface area (TPSA) is 67.2 Å². The van der Waals surface area contributed by atoms with E-state index in [1.54, 1.807) is 31.2 Å². The van der Waals surface area contributed by atoms with Gasteiger partial charge in [-0.15, -0.1) is 0 Å². The zero-order chi connectivity index (χ0) is 15.6. The van der Waals surface area contributed by atoms with Crippen LogP contribution in [-0.2, 0) is 12.6 Å². The van der Waals surface area contributed by atoms with Crippen LogP contribution in [0.4, 0.5) is 5.69 Å². The highest BCUT2D eigenvalue weighted by atomic mass is 35.5. The third-order valence-electron chi connectivity index (χ3n) is 3.16. The first kappa shape index (κ1) is 15.8. The number of benzene rings is 1. The summed E-state index contributed by atoms with van der Waals surface area (Å²) in [6.45, 7) is 1.76. The van der Waals surface area contributed by atoms with Crippen molar-refractivity contribution in [3.05, 3.63) is 56.4 Å². The molecule has 0 spiro atoms. The fraction of sp³-hybridized carbons (Fsp3) is 0.286. The molecular weight excluding hydrogens is 313 g/mol. The van der Waals surface area contributed by atoms with Crippen molar-refractivity contribution in [2.24, 2.45) is 7.05 Å². The van der Waals surface area contributed by atoms with Crippen LogP contribution in [0.5, 0.6) is 0 Å². The molecule has 0 saturated carbocycles. The number of hydrogen-bond donors (Lipinski definition) is 2. The van der Waals surface area contributed by atoms with Crippen molar-refractivity contribution in [3.63, 3.8) is 0 Å². The lowest BCUT2D eigenvalue weighted by Crippen LogP contribution is -2.32. The van der Waals surface area contributed by atoms with Gasteiger partial charge in [0.1, 0.15) is 10.6 Å². The van der Waals surface area contributed by atoms with E-state index in [-0.39, 0.29) is 11.6 Å². The highest BCUT2D eigenvalue weighted by Gasteiger charge is 2.25. The Bertz CT molecular complexity index is 714. The van der Waals surface area contributed by atoms with Gasteiger partial charge in [0.25, 0.3) is 5.56 Å². The van der Waals surface area contributed by atoms with Crippen LogP contribution in [0.3, 0.4) is 0 Å². The number of rotatable bonds is 4. The van der Waals surface area contributed by atoms with Gasteiger partial charge < -0.3 is 10.4 Å². The Morgan fingerprint density at radius 3 is 2.71 bits per heavy atom. The first-order chi connectivity index (χ1) is 9.83. The number of aromatic nitrogens is 2. The van der Waals surface area contributed by atoms with Crippen molar-refractivity contribution in [2.45, 2.75) is 12.5 Å². The van der Waals surface area contributed by atoms with Crippen LogP contribution in [0.1, 0.15) is 12.5 Å². The number of anilines is 1. The van der Waals surface area contributed by atoms with Gasteiger partial charge in [0, 0.05) is 24.2 Å². The number of hydrogen-bond acceptors (Lipinski definition) is 4. The Morgan fingerprint density at radius 1 is 1.38 bits per heavy atom. The smallest absolute Gasteiger partial charge is 0.287 e. The van der Waals surface area contributed by atoms with Gasteiger partial charge in [0.15, 0.2) is 0 Å². The summed E-state index contributed by atoms with van der Waals surface area (Å²) in [6.07, 6.45) is 1.44. The van der Waals surface area contributed by atoms with Gasteiger partial charge in [-0.3, -0.25) is 4.79 Å². The molecule has 112 valence electrons. The predicted octanol–water partition coefficient (Wildman–Crippen LogP) is 2.41. The third-order valence-corrected chi connectivity index (χ3v) is 3.85. The van der Waals surface area contributed by atoms with Crippen LogP contribution in [-0.4, -0.2) is 21.4 Å². The van der Waals surface area contributed by atoms with Crippen molar-refractivity contribution in [3.8, 4) is 0 Å². The van der Waals surface area contributed by atoms with Crippen LogP contribution >= 0.6 is 23.2 Å². The van der Waals surface area contributed by atoms with E-state index in [9.17, 15) is 9.90 Å². The molecule has 21 heavy (non-hydrogen) atoms. The minimum Gasteiger partial charge on any atom is -0.384 e. The average Bonchev–Trinajstić information content (AvgIpc) is 2.44. The van der Waals surface area contributed by atoms with Crippen molar-refractivity contribution in [1.29, 1.82) is 0 Å². The van der Waals surface area contributed by atoms with Gasteiger partial charge in [-0.1, -0.05) is 41.4 Å². The number of halogens is 2. The van der Waals surface area contributed by atoms with E-state index in [2.05, 4.69) is 10.4 Å². The summed E-state index contributed by atoms with van der Waals surface area (Å²) in [5, 5.41) is 17.9. The van der Waals surface area contributed by atoms with E-state index in [1.807, 2.05) is 0 Å². The van der Waals surface area contributed by atoms with E-state index in [1.165, 1.54) is 13.2 Å². The summed E-state index contributed by atoms with van der Waals surface area (Å²) in [5.74, 6) is 0. The summed E-state index contributed by atoms with van der Waals surface area (Å²) < 4.78 is 1.14. The lowest BCUT2D eigenvalue weighted by molar-refractivity contribution is 0.0716. The minimum atomic E-state index is -1.22. The second-order valence-electron chi connectivity index (χ2n) is 4.91. The highest BCUT2D eigenvalue weighted by Crippen LogP contribution is 2.28. The molecule has 0 aliphatic carbocycles. The molecule has 1 aromatic carbocycles. The molecule has 2 N–H and O–H groups in total. The van der Waals surface area contributed by atoms with Gasteiger partial charge in [0.05, 0.1) is 11.9 Å². The maximum absolute atomic E-state index is 11.7. The third kappa shape index (κ3) is 3.37. The molecule has 0 aliphatic rings. The average molecular weight is 328 g/mol. The summed E-state index contributed by atoms with van der Waals surface area (Å²) in [6, 6.07) is 7.03. The monoisotopic (exact) mass is 327 g/mol. The van der Waals surface area contributed by atoms with Gasteiger partial charge in [-0.25, -0.2) is 4.68 Å². The van der Waals surface area contributed by atoms with Crippen molar-refractivity contribution >= 4 is 28.9 Å². The van der Waals surface area contributed by atoms with Crippen LogP contribution in [0.2, 0.25) is 10.0 Å². The van der Waals surface area contributed by atoms with E-state index in [0.717, 1.165) is 4.68 Å². The Balaban J connectivity index is 2.22. The molecule has 1 unspecified atom stereocenters. The van der Waals surface area contributed by atoms with Gasteiger partial charge >= 0.3 is 0 Å². The fourth-order valence-electron chi connectivity index (χ4n) is 1.89. The zero-order valence-corrected chi connectivity index (χ0v) is 13.1. The maximum atomic E-state index is 11.7. The standard InChI is InChI=1S/C14H15Cl2N3O2/c1-14(21,9-5-3-4-6-10(9)15)8-17-11-7-18-19(2)13(20)12(11)16/h3-7,17,21H,8H2,1-2H3. The second kappa shape index (κ2) is 6.05. The van der Waals surface area contributed by atoms with Crippen LogP contribution in [0.15, 0.2) is 35.3 Å². The SMILES string of the molecule is Cn1ncc(NCC(C)(O)c2ccccc2Cl)c(Cl)c1=O. The molecule has 1 heterocycles. The number of aliphatic hydroxyl groups is 1. The Kier molecular flexibility index (Phi) is 4.56. The first-order valence-corrected chi connectivity index (χ1v) is 7.01. The summed E-state index contributed by atoms with van der Waals surface area (Å²) in [4.78, 5) is 11.7. The maximum Gasteiger partial charge on any atom is 0.287 e. The lowest BCUT2D eigenvalue weighted by atomic mass is 9.96. The Labute approximate surface area is 132 Å². The van der Waals surface area contributed by atoms with Crippen LogP contribution < -0.4 is 10.9 Å². The summed E-state index contributed by atoms with van der Waals surface area (Å²) in [5.41, 5.74) is -0.666. The van der Waals surface area contributed by atoms with Gasteiger partial charge in [-0.2, -0.15) is 5.10 Å². The molecule has 0 radical (unpaired) electrons. The molecule has 0 amide bonds. The number of aryl methyl sites for hydroxylation is 1. The zero-order valence-electron chi connectivity index (χ0n) is 11.6. The molecule has 0 saturated heterocycles. The number of nitrogens with zero attached hydrogens (tertiary/aromatic N) is 2. The van der Waals surface area contributed by atoms with Crippen molar-refractivity contribution < 1.29 is 5.11 Å². The molecule has 7 heteroatoms. The van der Waals surface area contributed by atoms with Gasteiger partial charge in [0.2, 0.25) is 0 Å². The quantitative estimate of drug-likeness (QED) is 0.904. The van der Waals surface area contributed by atoms with Gasteiger partial charge in [-0.05, 0) is 13.0 Å². The largest absolute Gasteiger partial charge is 0.384 e. The summed E-state index contributed by atoms with van der Waals surface area (Å²) >= 11 is 12.0. The molecule has 2 rings (SSSR count). The van der Waals surface area contributed by atoms with Crippen LogP contribution in [0.25, 0.3) is 0 Å². The Hall–Kier alpha value is -1.56. The Morgan fingerprint density at radius 2 is 2.05 bits per heavy atom. The molecule has 1 atom stereocenters. The predicted molar refractivity (Wildman–Crippen MR) is 84.0 cm³/mol. The molecular formula is C14H15Cl2N3O2. The van der Waals surface area contributed by atoms with Crippen molar-refractivity contribution in [2.75, 3.05) is 11.9 Å². The second-order valence-corrected chi connectivity index (χ2v) is 5.69. The minimum absolute atomic E-state index is 0.0301. The van der Waals surface area contributed by atoms with E-state index < -0.39 is 11.2 Å². The van der Waals surface area contributed by atoms with Crippen molar-refractivity contribution in [1.82, 2.24) is 9.78 Å². The molecule has 5 nitrogen and oxygen atoms in total. The van der Waals surface area contributed by atoms with E-state index >= 15 is 0 Å². The molecule has 1 aromatic heterocycles. The molecule has 2 aromatic rings. The lowest BCUT2D eigenvalue weighted by Gasteiger charge is -2.26. The summed E-state index contributed by atoms with van der Waals surface area (Å²) in [7, 11) is 1.51. The first-order valence-electron chi connectivity index (χ1n) is 6.26. The molecule has 0 aliphatic heterocycles. The molecule has 0 bridgehead atoms. The van der Waals surface area contributed by atoms with E-state index in [4.69, 9.17) is 23.2 Å². The highest BCUT2D eigenvalue weighted by molar-refractivity contribution is 6.33. The number of nitrogens with one attached hydrogen (secondary N) is 1. The fourth-order valence-corrected chi connectivity index (χ4v) is 2.47. The van der Waals surface area contributed by atoms with E-state index in [0.29, 0.717) is 16.3 Å². The normalized spacial score (nSPS) is 13.8. The molecule has 0 fully saturated rings.